The Labute approximate surface area is 102 Å². The summed E-state index contributed by atoms with van der Waals surface area (Å²) in [6.45, 7) is 3.31. The molecule has 17 heavy (non-hydrogen) atoms. The number of hydrogen-bond donors (Lipinski definition) is 1. The fourth-order valence-corrected chi connectivity index (χ4v) is 1.52. The molecule has 0 bridgehead atoms. The van der Waals surface area contributed by atoms with Gasteiger partial charge in [0, 0.05) is 6.54 Å². The predicted octanol–water partition coefficient (Wildman–Crippen LogP) is 1.69. The monoisotopic (exact) mass is 234 g/mol. The number of benzene rings is 1. The molecule has 1 aromatic rings. The van der Waals surface area contributed by atoms with Crippen molar-refractivity contribution in [2.75, 3.05) is 20.7 Å². The molecule has 4 nitrogen and oxygen atoms in total. The van der Waals surface area contributed by atoms with E-state index in [1.165, 1.54) is 0 Å². The van der Waals surface area contributed by atoms with Gasteiger partial charge >= 0.3 is 0 Å². The number of nitrogens with one attached hydrogen (secondary N) is 1. The minimum Gasteiger partial charge on any atom is -0.495 e. The van der Waals surface area contributed by atoms with Gasteiger partial charge in [-0.3, -0.25) is 0 Å². The van der Waals surface area contributed by atoms with Crippen LogP contribution in [0.15, 0.2) is 18.2 Å². The van der Waals surface area contributed by atoms with Gasteiger partial charge in [-0.05, 0) is 31.7 Å². The molecule has 0 fully saturated rings. The van der Waals surface area contributed by atoms with Crippen molar-refractivity contribution in [3.05, 3.63) is 29.3 Å². The Morgan fingerprint density at radius 3 is 2.82 bits per heavy atom. The van der Waals surface area contributed by atoms with Crippen molar-refractivity contribution >= 4 is 0 Å². The van der Waals surface area contributed by atoms with E-state index in [1.54, 1.807) is 19.2 Å². The molecular formula is C13H18N2O2. The van der Waals surface area contributed by atoms with Crippen LogP contribution in [0.25, 0.3) is 0 Å². The summed E-state index contributed by atoms with van der Waals surface area (Å²) in [7, 11) is 3.45. The Morgan fingerprint density at radius 1 is 1.47 bits per heavy atom. The molecule has 1 N–H and O–H groups in total. The Balaban J connectivity index is 2.64. The van der Waals surface area contributed by atoms with Crippen LogP contribution in [0.4, 0.5) is 0 Å². The molecule has 1 atom stereocenters. The van der Waals surface area contributed by atoms with Crippen molar-refractivity contribution in [1.29, 1.82) is 5.26 Å². The number of methoxy groups -OCH3 is 1. The number of nitriles is 1. The lowest BCUT2D eigenvalue weighted by atomic mass is 10.1. The molecule has 0 aliphatic rings. The summed E-state index contributed by atoms with van der Waals surface area (Å²) in [5.41, 5.74) is 1.51. The lowest BCUT2D eigenvalue weighted by Crippen LogP contribution is -2.23. The number of nitrogens with zero attached hydrogens (tertiary/aromatic N) is 1. The first-order chi connectivity index (χ1) is 8.21. The minimum atomic E-state index is 0.146. The number of ether oxygens (including phenoxy) is 2. The van der Waals surface area contributed by atoms with Crippen LogP contribution in [0.5, 0.6) is 5.75 Å². The molecule has 0 aromatic heterocycles. The van der Waals surface area contributed by atoms with Gasteiger partial charge in [-0.2, -0.15) is 5.26 Å². The highest BCUT2D eigenvalue weighted by Crippen LogP contribution is 2.19. The number of rotatable bonds is 6. The van der Waals surface area contributed by atoms with E-state index in [0.717, 1.165) is 12.1 Å². The third kappa shape index (κ3) is 4.06. The van der Waals surface area contributed by atoms with Gasteiger partial charge in [0.25, 0.3) is 0 Å². The van der Waals surface area contributed by atoms with E-state index in [-0.39, 0.29) is 6.10 Å². The molecule has 1 unspecified atom stereocenters. The molecule has 0 spiro atoms. The SMILES string of the molecule is CNCC(C)OCc1ccc(OC)c(C#N)c1. The zero-order chi connectivity index (χ0) is 12.7. The van der Waals surface area contributed by atoms with Gasteiger partial charge in [-0.1, -0.05) is 6.07 Å². The third-order valence-corrected chi connectivity index (χ3v) is 2.41. The fraction of sp³-hybridized carbons (Fsp3) is 0.462. The molecule has 0 heterocycles. The smallest absolute Gasteiger partial charge is 0.136 e. The van der Waals surface area contributed by atoms with Gasteiger partial charge < -0.3 is 14.8 Å². The van der Waals surface area contributed by atoms with Crippen molar-refractivity contribution in [3.8, 4) is 11.8 Å². The van der Waals surface area contributed by atoms with E-state index < -0.39 is 0 Å². The number of hydrogen-bond acceptors (Lipinski definition) is 4. The highest BCUT2D eigenvalue weighted by Gasteiger charge is 2.05. The summed E-state index contributed by atoms with van der Waals surface area (Å²) in [5.74, 6) is 0.597. The molecule has 0 saturated heterocycles. The summed E-state index contributed by atoms with van der Waals surface area (Å²) in [6, 6.07) is 7.60. The summed E-state index contributed by atoms with van der Waals surface area (Å²) < 4.78 is 10.7. The Hall–Kier alpha value is -1.57. The summed E-state index contributed by atoms with van der Waals surface area (Å²) in [6.07, 6.45) is 0.146. The topological polar surface area (TPSA) is 54.3 Å². The second-order valence-corrected chi connectivity index (χ2v) is 3.83. The van der Waals surface area contributed by atoms with Gasteiger partial charge in [0.1, 0.15) is 11.8 Å². The second-order valence-electron chi connectivity index (χ2n) is 3.83. The van der Waals surface area contributed by atoms with Gasteiger partial charge in [0.05, 0.1) is 25.4 Å². The lowest BCUT2D eigenvalue weighted by Gasteiger charge is -2.13. The van der Waals surface area contributed by atoms with Crippen LogP contribution in [0.2, 0.25) is 0 Å². The Morgan fingerprint density at radius 2 is 2.24 bits per heavy atom. The van der Waals surface area contributed by atoms with E-state index in [1.807, 2.05) is 20.0 Å². The molecule has 0 amide bonds. The Bertz CT molecular complexity index is 399. The normalized spacial score (nSPS) is 11.9. The van der Waals surface area contributed by atoms with Crippen molar-refractivity contribution in [1.82, 2.24) is 5.32 Å². The maximum atomic E-state index is 8.95. The molecule has 1 aromatic carbocycles. The van der Waals surface area contributed by atoms with Gasteiger partial charge in [-0.25, -0.2) is 0 Å². The van der Waals surface area contributed by atoms with Crippen molar-refractivity contribution in [3.63, 3.8) is 0 Å². The van der Waals surface area contributed by atoms with Crippen LogP contribution in [0.1, 0.15) is 18.1 Å². The highest BCUT2D eigenvalue weighted by atomic mass is 16.5. The van der Waals surface area contributed by atoms with Crippen LogP contribution in [-0.2, 0) is 11.3 Å². The maximum absolute atomic E-state index is 8.95. The van der Waals surface area contributed by atoms with Crippen molar-refractivity contribution in [2.45, 2.75) is 19.6 Å². The van der Waals surface area contributed by atoms with Crippen molar-refractivity contribution < 1.29 is 9.47 Å². The largest absolute Gasteiger partial charge is 0.495 e. The van der Waals surface area contributed by atoms with Crippen LogP contribution < -0.4 is 10.1 Å². The Kier molecular flexibility index (Phi) is 5.47. The molecule has 0 radical (unpaired) electrons. The molecule has 4 heteroatoms. The maximum Gasteiger partial charge on any atom is 0.136 e. The zero-order valence-electron chi connectivity index (χ0n) is 10.5. The fourth-order valence-electron chi connectivity index (χ4n) is 1.52. The van der Waals surface area contributed by atoms with Crippen LogP contribution in [0, 0.1) is 11.3 Å². The van der Waals surface area contributed by atoms with Crippen LogP contribution in [-0.4, -0.2) is 26.8 Å². The third-order valence-electron chi connectivity index (χ3n) is 2.41. The summed E-state index contributed by atoms with van der Waals surface area (Å²) in [5, 5.41) is 12.0. The van der Waals surface area contributed by atoms with Gasteiger partial charge in [0.2, 0.25) is 0 Å². The molecule has 0 aliphatic carbocycles. The molecule has 1 rings (SSSR count). The first-order valence-corrected chi connectivity index (χ1v) is 5.54. The lowest BCUT2D eigenvalue weighted by molar-refractivity contribution is 0.0545. The molecule has 92 valence electrons. The first kappa shape index (κ1) is 13.5. The second kappa shape index (κ2) is 6.89. The standard InChI is InChI=1S/C13H18N2O2/c1-10(8-15-2)17-9-11-4-5-13(16-3)12(6-11)7-14/h4-6,10,15H,8-9H2,1-3H3. The highest BCUT2D eigenvalue weighted by molar-refractivity contribution is 5.45. The number of likely N-dealkylation sites (N-methyl/N-ethyl adjacent to an activating group) is 1. The molecular weight excluding hydrogens is 216 g/mol. The van der Waals surface area contributed by atoms with E-state index in [0.29, 0.717) is 17.9 Å². The average Bonchev–Trinajstić information content (AvgIpc) is 2.36. The zero-order valence-corrected chi connectivity index (χ0v) is 10.5. The minimum absolute atomic E-state index is 0.146. The quantitative estimate of drug-likeness (QED) is 0.813. The van der Waals surface area contributed by atoms with E-state index in [4.69, 9.17) is 14.7 Å². The summed E-state index contributed by atoms with van der Waals surface area (Å²) >= 11 is 0. The van der Waals surface area contributed by atoms with Gasteiger partial charge in [0.15, 0.2) is 0 Å². The van der Waals surface area contributed by atoms with E-state index in [9.17, 15) is 0 Å². The van der Waals surface area contributed by atoms with Crippen LogP contribution in [0.3, 0.4) is 0 Å². The van der Waals surface area contributed by atoms with E-state index in [2.05, 4.69) is 11.4 Å². The average molecular weight is 234 g/mol. The first-order valence-electron chi connectivity index (χ1n) is 5.54. The van der Waals surface area contributed by atoms with Crippen LogP contribution >= 0.6 is 0 Å². The van der Waals surface area contributed by atoms with Crippen molar-refractivity contribution in [2.24, 2.45) is 0 Å². The van der Waals surface area contributed by atoms with E-state index >= 15 is 0 Å². The molecule has 0 aliphatic heterocycles. The van der Waals surface area contributed by atoms with Gasteiger partial charge in [-0.15, -0.1) is 0 Å². The predicted molar refractivity (Wildman–Crippen MR) is 65.9 cm³/mol. The summed E-state index contributed by atoms with van der Waals surface area (Å²) in [4.78, 5) is 0. The molecule has 0 saturated carbocycles.